The number of fused-ring (bicyclic) bond motifs is 1. The summed E-state index contributed by atoms with van der Waals surface area (Å²) in [5, 5.41) is 14.1. The second-order valence-corrected chi connectivity index (χ2v) is 4.68. The smallest absolute Gasteiger partial charge is 0.310 e. The lowest BCUT2D eigenvalue weighted by Crippen LogP contribution is -2.07. The predicted molar refractivity (Wildman–Crippen MR) is 75.5 cm³/mol. The van der Waals surface area contributed by atoms with E-state index in [2.05, 4.69) is 5.16 Å². The second kappa shape index (κ2) is 4.81. The molecule has 0 saturated carbocycles. The Morgan fingerprint density at radius 1 is 1.15 bits per heavy atom. The van der Waals surface area contributed by atoms with Gasteiger partial charge in [-0.2, -0.15) is 0 Å². The molecule has 1 aromatic heterocycles. The molecule has 3 rings (SSSR count). The molecule has 100 valence electrons. The van der Waals surface area contributed by atoms with Crippen LogP contribution in [0.4, 0.5) is 0 Å². The van der Waals surface area contributed by atoms with Crippen LogP contribution in [0.5, 0.6) is 0 Å². The highest BCUT2D eigenvalue weighted by molar-refractivity contribution is 5.95. The van der Waals surface area contributed by atoms with E-state index in [1.807, 2.05) is 42.5 Å². The molecule has 0 amide bonds. The van der Waals surface area contributed by atoms with Crippen LogP contribution in [-0.2, 0) is 4.79 Å². The molecule has 0 spiro atoms. The van der Waals surface area contributed by atoms with Crippen LogP contribution in [0.3, 0.4) is 0 Å². The molecule has 0 aliphatic rings. The van der Waals surface area contributed by atoms with Crippen molar-refractivity contribution < 1.29 is 14.4 Å². The van der Waals surface area contributed by atoms with Gasteiger partial charge in [0, 0.05) is 5.56 Å². The van der Waals surface area contributed by atoms with Crippen LogP contribution in [0.25, 0.3) is 22.2 Å². The van der Waals surface area contributed by atoms with Crippen molar-refractivity contribution in [2.75, 3.05) is 0 Å². The minimum atomic E-state index is -0.873. The zero-order valence-corrected chi connectivity index (χ0v) is 10.9. The summed E-state index contributed by atoms with van der Waals surface area (Å²) in [5.41, 5.74) is 2.21. The molecule has 0 fully saturated rings. The number of aromatic nitrogens is 1. The first kappa shape index (κ1) is 12.4. The Balaban J connectivity index is 2.20. The fourth-order valence-electron chi connectivity index (χ4n) is 2.27. The fourth-order valence-corrected chi connectivity index (χ4v) is 2.27. The molecule has 0 aliphatic carbocycles. The van der Waals surface area contributed by atoms with Gasteiger partial charge in [0.2, 0.25) is 0 Å². The standard InChI is InChI=1S/C16H13NO3/c1-10(16(18)19)12-8-5-9-13-14(12)17-20-15(13)11-6-3-2-4-7-11/h2-10H,1H3,(H,18,19). The maximum atomic E-state index is 11.2. The van der Waals surface area contributed by atoms with Crippen LogP contribution in [-0.4, -0.2) is 16.2 Å². The van der Waals surface area contributed by atoms with Crippen molar-refractivity contribution in [2.45, 2.75) is 12.8 Å². The third-order valence-electron chi connectivity index (χ3n) is 3.41. The molecule has 0 saturated heterocycles. The number of hydrogen-bond donors (Lipinski definition) is 1. The van der Waals surface area contributed by atoms with Gasteiger partial charge < -0.3 is 9.63 Å². The van der Waals surface area contributed by atoms with Crippen LogP contribution < -0.4 is 0 Å². The Kier molecular flexibility index (Phi) is 2.99. The summed E-state index contributed by atoms with van der Waals surface area (Å²) in [6.07, 6.45) is 0. The number of aliphatic carboxylic acids is 1. The summed E-state index contributed by atoms with van der Waals surface area (Å²) in [6, 6.07) is 15.2. The molecular weight excluding hydrogens is 254 g/mol. The number of nitrogens with zero attached hydrogens (tertiary/aromatic N) is 1. The molecule has 0 radical (unpaired) electrons. The molecular formula is C16H13NO3. The molecule has 0 aliphatic heterocycles. The summed E-state index contributed by atoms with van der Waals surface area (Å²) in [6.45, 7) is 1.65. The maximum absolute atomic E-state index is 11.2. The molecule has 1 atom stereocenters. The minimum absolute atomic E-state index is 0.612. The van der Waals surface area contributed by atoms with E-state index in [0.29, 0.717) is 16.8 Å². The number of carboxylic acid groups (broad SMARTS) is 1. The van der Waals surface area contributed by atoms with Crippen molar-refractivity contribution in [1.82, 2.24) is 5.16 Å². The first-order valence-corrected chi connectivity index (χ1v) is 6.35. The Hall–Kier alpha value is -2.62. The van der Waals surface area contributed by atoms with E-state index < -0.39 is 11.9 Å². The molecule has 4 heteroatoms. The summed E-state index contributed by atoms with van der Waals surface area (Å²) >= 11 is 0. The Labute approximate surface area is 115 Å². The molecule has 3 aromatic rings. The van der Waals surface area contributed by atoms with E-state index in [1.165, 1.54) is 0 Å². The van der Waals surface area contributed by atoms with Crippen molar-refractivity contribution >= 4 is 16.9 Å². The zero-order chi connectivity index (χ0) is 14.1. The van der Waals surface area contributed by atoms with Gasteiger partial charge in [0.15, 0.2) is 5.76 Å². The van der Waals surface area contributed by atoms with Gasteiger partial charge in [-0.15, -0.1) is 0 Å². The molecule has 20 heavy (non-hydrogen) atoms. The van der Waals surface area contributed by atoms with Crippen LogP contribution in [0.15, 0.2) is 53.1 Å². The summed E-state index contributed by atoms with van der Waals surface area (Å²) in [5.74, 6) is -0.825. The zero-order valence-electron chi connectivity index (χ0n) is 10.9. The highest BCUT2D eigenvalue weighted by atomic mass is 16.5. The van der Waals surface area contributed by atoms with Crippen molar-refractivity contribution in [2.24, 2.45) is 0 Å². The molecule has 1 heterocycles. The van der Waals surface area contributed by atoms with Gasteiger partial charge in [0.05, 0.1) is 11.3 Å². The average Bonchev–Trinajstić information content (AvgIpc) is 2.91. The quantitative estimate of drug-likeness (QED) is 0.786. The van der Waals surface area contributed by atoms with Crippen LogP contribution in [0.2, 0.25) is 0 Å². The second-order valence-electron chi connectivity index (χ2n) is 4.68. The van der Waals surface area contributed by atoms with Gasteiger partial charge >= 0.3 is 5.97 Å². The van der Waals surface area contributed by atoms with E-state index in [9.17, 15) is 4.79 Å². The normalized spacial score (nSPS) is 12.4. The SMILES string of the molecule is CC(C(=O)O)c1cccc2c(-c3ccccc3)onc12. The van der Waals surface area contributed by atoms with E-state index in [-0.39, 0.29) is 0 Å². The van der Waals surface area contributed by atoms with Crippen molar-refractivity contribution in [1.29, 1.82) is 0 Å². The predicted octanol–water partition coefficient (Wildman–Crippen LogP) is 3.68. The molecule has 0 bridgehead atoms. The topological polar surface area (TPSA) is 63.3 Å². The average molecular weight is 267 g/mol. The summed E-state index contributed by atoms with van der Waals surface area (Å²) in [4.78, 5) is 11.2. The number of hydrogen-bond acceptors (Lipinski definition) is 3. The molecule has 1 unspecified atom stereocenters. The highest BCUT2D eigenvalue weighted by Gasteiger charge is 2.20. The van der Waals surface area contributed by atoms with Crippen molar-refractivity contribution in [3.63, 3.8) is 0 Å². The van der Waals surface area contributed by atoms with Gasteiger partial charge in [-0.3, -0.25) is 4.79 Å². The maximum Gasteiger partial charge on any atom is 0.310 e. The van der Waals surface area contributed by atoms with Crippen LogP contribution in [0, 0.1) is 0 Å². The Morgan fingerprint density at radius 3 is 2.60 bits per heavy atom. The highest BCUT2D eigenvalue weighted by Crippen LogP contribution is 2.32. The van der Waals surface area contributed by atoms with Gasteiger partial charge in [0.1, 0.15) is 5.52 Å². The lowest BCUT2D eigenvalue weighted by Gasteiger charge is -2.06. The number of benzene rings is 2. The van der Waals surface area contributed by atoms with E-state index in [4.69, 9.17) is 9.63 Å². The van der Waals surface area contributed by atoms with Gasteiger partial charge in [0.25, 0.3) is 0 Å². The van der Waals surface area contributed by atoms with Crippen LogP contribution >= 0.6 is 0 Å². The van der Waals surface area contributed by atoms with E-state index in [1.54, 1.807) is 13.0 Å². The lowest BCUT2D eigenvalue weighted by atomic mass is 9.97. The number of carboxylic acids is 1. The molecule has 2 aromatic carbocycles. The van der Waals surface area contributed by atoms with E-state index in [0.717, 1.165) is 10.9 Å². The Morgan fingerprint density at radius 2 is 1.90 bits per heavy atom. The number of carbonyl (C=O) groups is 1. The third kappa shape index (κ3) is 1.95. The van der Waals surface area contributed by atoms with Gasteiger partial charge in [-0.1, -0.05) is 47.6 Å². The van der Waals surface area contributed by atoms with E-state index >= 15 is 0 Å². The largest absolute Gasteiger partial charge is 0.481 e. The van der Waals surface area contributed by atoms with Crippen LogP contribution in [0.1, 0.15) is 18.4 Å². The minimum Gasteiger partial charge on any atom is -0.481 e. The number of rotatable bonds is 3. The monoisotopic (exact) mass is 267 g/mol. The summed E-state index contributed by atoms with van der Waals surface area (Å²) in [7, 11) is 0. The molecule has 1 N–H and O–H groups in total. The Bertz CT molecular complexity index is 762. The molecule has 4 nitrogen and oxygen atoms in total. The first-order valence-electron chi connectivity index (χ1n) is 6.35. The van der Waals surface area contributed by atoms with Crippen molar-refractivity contribution in [3.05, 3.63) is 54.1 Å². The van der Waals surface area contributed by atoms with Crippen molar-refractivity contribution in [3.8, 4) is 11.3 Å². The first-order chi connectivity index (χ1) is 9.68. The summed E-state index contributed by atoms with van der Waals surface area (Å²) < 4.78 is 5.43. The van der Waals surface area contributed by atoms with Gasteiger partial charge in [-0.05, 0) is 18.6 Å². The fraction of sp³-hybridized carbons (Fsp3) is 0.125. The third-order valence-corrected chi connectivity index (χ3v) is 3.41. The lowest BCUT2D eigenvalue weighted by molar-refractivity contribution is -0.138. The van der Waals surface area contributed by atoms with Gasteiger partial charge in [-0.25, -0.2) is 0 Å².